The first-order chi connectivity index (χ1) is 7.76. The molecule has 0 bridgehead atoms. The molecular formula is C8H12N2O6S. The molecule has 1 heterocycles. The van der Waals surface area contributed by atoms with Gasteiger partial charge in [0.05, 0.1) is 20.3 Å². The monoisotopic (exact) mass is 264 g/mol. The lowest BCUT2D eigenvalue weighted by Gasteiger charge is -2.29. The van der Waals surface area contributed by atoms with Gasteiger partial charge in [0.2, 0.25) is 15.7 Å². The number of methoxy groups -OCH3 is 2. The second-order valence-electron chi connectivity index (χ2n) is 3.21. The minimum Gasteiger partial charge on any atom is -0.482 e. The predicted molar refractivity (Wildman–Crippen MR) is 57.9 cm³/mol. The van der Waals surface area contributed by atoms with Gasteiger partial charge < -0.3 is 19.9 Å². The van der Waals surface area contributed by atoms with Gasteiger partial charge in [-0.1, -0.05) is 0 Å². The molecule has 0 aromatic rings. The normalized spacial score (nSPS) is 24.2. The molecule has 0 aromatic carbocycles. The Kier molecular flexibility index (Phi) is 3.32. The summed E-state index contributed by atoms with van der Waals surface area (Å²) in [4.78, 5) is 12.2. The molecule has 1 unspecified atom stereocenters. The molecule has 2 N–H and O–H groups in total. The number of ether oxygens (including phenoxy) is 2. The molecule has 1 atom stereocenters. The topological polar surface area (TPSA) is 114 Å². The van der Waals surface area contributed by atoms with E-state index in [-0.39, 0.29) is 11.8 Å². The van der Waals surface area contributed by atoms with Crippen molar-refractivity contribution < 1.29 is 27.8 Å². The third kappa shape index (κ3) is 2.18. The number of rotatable bonds is 3. The maximum absolute atomic E-state index is 11.6. The van der Waals surface area contributed by atoms with Crippen molar-refractivity contribution in [1.29, 1.82) is 0 Å². The van der Waals surface area contributed by atoms with Crippen molar-refractivity contribution in [2.75, 3.05) is 20.5 Å². The molecule has 0 amide bonds. The quantitative estimate of drug-likeness (QED) is 0.665. The maximum Gasteiger partial charge on any atom is 0.369 e. The van der Waals surface area contributed by atoms with Gasteiger partial charge >= 0.3 is 11.0 Å². The van der Waals surface area contributed by atoms with Crippen molar-refractivity contribution in [2.45, 2.75) is 4.99 Å². The Morgan fingerprint density at radius 2 is 2.06 bits per heavy atom. The lowest BCUT2D eigenvalue weighted by Crippen LogP contribution is -2.58. The molecule has 8 nitrogen and oxygen atoms in total. The van der Waals surface area contributed by atoms with Gasteiger partial charge in [0, 0.05) is 6.26 Å². The van der Waals surface area contributed by atoms with Crippen molar-refractivity contribution in [3.05, 3.63) is 12.0 Å². The number of nitrogens with one attached hydrogen (secondary N) is 1. The minimum atomic E-state index is -4.07. The molecule has 96 valence electrons. The van der Waals surface area contributed by atoms with Crippen LogP contribution in [0.25, 0.3) is 0 Å². The van der Waals surface area contributed by atoms with Crippen LogP contribution in [0.5, 0.6) is 0 Å². The molecule has 9 heteroatoms. The third-order valence-corrected chi connectivity index (χ3v) is 3.51. The second kappa shape index (κ2) is 4.24. The van der Waals surface area contributed by atoms with Crippen molar-refractivity contribution in [2.24, 2.45) is 4.99 Å². The number of carbonyl (C=O) groups is 1. The Balaban J connectivity index is 3.42. The zero-order valence-corrected chi connectivity index (χ0v) is 10.2. The summed E-state index contributed by atoms with van der Waals surface area (Å²) >= 11 is 0. The summed E-state index contributed by atoms with van der Waals surface area (Å²) < 4.78 is 32.7. The van der Waals surface area contributed by atoms with Crippen LogP contribution in [0.1, 0.15) is 0 Å². The first kappa shape index (κ1) is 13.3. The van der Waals surface area contributed by atoms with Gasteiger partial charge in [0.1, 0.15) is 0 Å². The van der Waals surface area contributed by atoms with Crippen molar-refractivity contribution in [1.82, 2.24) is 5.32 Å². The first-order valence-corrected chi connectivity index (χ1v) is 6.26. The van der Waals surface area contributed by atoms with Crippen LogP contribution < -0.4 is 5.32 Å². The van der Waals surface area contributed by atoms with E-state index < -0.39 is 20.8 Å². The molecule has 0 fully saturated rings. The highest BCUT2D eigenvalue weighted by atomic mass is 32.2. The molecular weight excluding hydrogens is 252 g/mol. The molecule has 0 saturated heterocycles. The molecule has 1 aliphatic heterocycles. The highest BCUT2D eigenvalue weighted by Gasteiger charge is 2.52. The highest BCUT2D eigenvalue weighted by Crippen LogP contribution is 2.22. The Morgan fingerprint density at radius 3 is 2.41 bits per heavy atom. The molecule has 0 aromatic heterocycles. The van der Waals surface area contributed by atoms with Gasteiger partial charge in [-0.25, -0.2) is 13.2 Å². The largest absolute Gasteiger partial charge is 0.482 e. The molecule has 0 aliphatic carbocycles. The predicted octanol–water partition coefficient (Wildman–Crippen LogP) is -1.09. The van der Waals surface area contributed by atoms with Crippen molar-refractivity contribution >= 4 is 21.7 Å². The van der Waals surface area contributed by atoms with Crippen LogP contribution in [0.15, 0.2) is 17.0 Å². The zero-order chi connectivity index (χ0) is 13.3. The average Bonchev–Trinajstić information content (AvgIpc) is 2.26. The van der Waals surface area contributed by atoms with E-state index in [9.17, 15) is 13.2 Å². The fourth-order valence-electron chi connectivity index (χ4n) is 1.18. The summed E-state index contributed by atoms with van der Waals surface area (Å²) in [6, 6.07) is 0. The number of aliphatic carboxylic acids is 1. The summed E-state index contributed by atoms with van der Waals surface area (Å²) in [5.41, 5.74) is 0. The number of carboxylic acid groups (broad SMARTS) is 1. The molecule has 0 saturated carbocycles. The number of hydrogen-bond acceptors (Lipinski definition) is 7. The van der Waals surface area contributed by atoms with E-state index in [0.717, 1.165) is 6.26 Å². The van der Waals surface area contributed by atoms with E-state index in [1.807, 2.05) is 0 Å². The second-order valence-corrected chi connectivity index (χ2v) is 5.35. The SMILES string of the molecule is COC1=CC(OC)=NC(C(=O)O)(S(C)(=O)=O)N1. The van der Waals surface area contributed by atoms with E-state index in [0.29, 0.717) is 0 Å². The van der Waals surface area contributed by atoms with Gasteiger partial charge in [0.25, 0.3) is 0 Å². The van der Waals surface area contributed by atoms with Crippen LogP contribution in [-0.4, -0.2) is 50.9 Å². The fourth-order valence-corrected chi connectivity index (χ4v) is 2.04. The lowest BCUT2D eigenvalue weighted by atomic mass is 10.4. The summed E-state index contributed by atoms with van der Waals surface area (Å²) in [6.45, 7) is 0. The Bertz CT molecular complexity index is 494. The van der Waals surface area contributed by atoms with Crippen LogP contribution >= 0.6 is 0 Å². The highest BCUT2D eigenvalue weighted by molar-refractivity contribution is 7.92. The summed E-state index contributed by atoms with van der Waals surface area (Å²) in [5.74, 6) is -1.89. The average molecular weight is 264 g/mol. The number of carboxylic acids is 1. The summed E-state index contributed by atoms with van der Waals surface area (Å²) in [5, 5.41) is 11.3. The molecule has 0 spiro atoms. The van der Waals surface area contributed by atoms with Gasteiger partial charge in [0.15, 0.2) is 5.88 Å². The maximum atomic E-state index is 11.6. The van der Waals surface area contributed by atoms with Gasteiger partial charge in [-0.05, 0) is 0 Å². The summed E-state index contributed by atoms with van der Waals surface area (Å²) in [6.07, 6.45) is 2.00. The van der Waals surface area contributed by atoms with E-state index in [4.69, 9.17) is 14.6 Å². The van der Waals surface area contributed by atoms with Gasteiger partial charge in [-0.15, -0.1) is 0 Å². The third-order valence-electron chi connectivity index (χ3n) is 2.07. The fraction of sp³-hybridized carbons (Fsp3) is 0.500. The van der Waals surface area contributed by atoms with Crippen LogP contribution in [0, 0.1) is 0 Å². The first-order valence-electron chi connectivity index (χ1n) is 4.37. The Labute approximate surface area is 97.9 Å². The van der Waals surface area contributed by atoms with Crippen LogP contribution in [-0.2, 0) is 24.1 Å². The minimum absolute atomic E-state index is 0.0651. The summed E-state index contributed by atoms with van der Waals surface area (Å²) in [7, 11) is -1.58. The van der Waals surface area contributed by atoms with Gasteiger partial charge in [-0.2, -0.15) is 4.99 Å². The van der Waals surface area contributed by atoms with Crippen LogP contribution in [0.2, 0.25) is 0 Å². The molecule has 1 aliphatic rings. The molecule has 17 heavy (non-hydrogen) atoms. The van der Waals surface area contributed by atoms with Crippen LogP contribution in [0.3, 0.4) is 0 Å². The van der Waals surface area contributed by atoms with Gasteiger partial charge in [-0.3, -0.25) is 0 Å². The smallest absolute Gasteiger partial charge is 0.369 e. The number of hydrogen-bond donors (Lipinski definition) is 2. The van der Waals surface area contributed by atoms with Crippen molar-refractivity contribution in [3.63, 3.8) is 0 Å². The van der Waals surface area contributed by atoms with E-state index in [1.54, 1.807) is 0 Å². The Hall–Kier alpha value is -1.77. The van der Waals surface area contributed by atoms with E-state index >= 15 is 0 Å². The standard InChI is InChI=1S/C8H12N2O6S/c1-15-5-4-6(16-2)10-8(9-5,7(11)12)17(3,13)14/h4,9H,1-3H3,(H,11,12). The van der Waals surface area contributed by atoms with Crippen LogP contribution in [0.4, 0.5) is 0 Å². The lowest BCUT2D eigenvalue weighted by molar-refractivity contribution is -0.141. The zero-order valence-electron chi connectivity index (χ0n) is 9.42. The number of aliphatic imine (C=N–C) groups is 1. The van der Waals surface area contributed by atoms with E-state index in [2.05, 4.69) is 10.3 Å². The van der Waals surface area contributed by atoms with Crippen molar-refractivity contribution in [3.8, 4) is 0 Å². The number of sulfone groups is 1. The number of nitrogens with zero attached hydrogens (tertiary/aromatic N) is 1. The molecule has 1 rings (SSSR count). The van der Waals surface area contributed by atoms with E-state index in [1.165, 1.54) is 20.3 Å². The molecule has 0 radical (unpaired) electrons. The Morgan fingerprint density at radius 1 is 1.47 bits per heavy atom.